The fourth-order valence-corrected chi connectivity index (χ4v) is 4.99. The van der Waals surface area contributed by atoms with Gasteiger partial charge in [-0.15, -0.1) is 0 Å². The van der Waals surface area contributed by atoms with Crippen molar-refractivity contribution < 1.29 is 0 Å². The van der Waals surface area contributed by atoms with Gasteiger partial charge in [0.25, 0.3) is 0 Å². The Labute approximate surface area is 113 Å². The molecular weight excluding hydrogens is 218 g/mol. The number of nitrogens with one attached hydrogen (secondary N) is 1. The molecule has 0 aromatic heterocycles. The van der Waals surface area contributed by atoms with Gasteiger partial charge in [-0.05, 0) is 62.3 Å². The molecule has 4 atom stereocenters. The molecule has 0 aromatic rings. The number of hydrogen-bond acceptors (Lipinski definition) is 1. The van der Waals surface area contributed by atoms with Crippen LogP contribution in [0.15, 0.2) is 0 Å². The van der Waals surface area contributed by atoms with Crippen LogP contribution in [0.2, 0.25) is 0 Å². The molecule has 3 fully saturated rings. The summed E-state index contributed by atoms with van der Waals surface area (Å²) in [5, 5.41) is 3.95. The van der Waals surface area contributed by atoms with E-state index in [9.17, 15) is 0 Å². The van der Waals surface area contributed by atoms with E-state index in [2.05, 4.69) is 19.2 Å². The van der Waals surface area contributed by atoms with Gasteiger partial charge >= 0.3 is 0 Å². The zero-order chi connectivity index (χ0) is 12.6. The smallest absolute Gasteiger partial charge is 0.0216 e. The predicted octanol–water partition coefficient (Wildman–Crippen LogP) is 4.37. The Hall–Kier alpha value is -0.0400. The summed E-state index contributed by atoms with van der Waals surface area (Å²) >= 11 is 0. The first-order valence-electron chi connectivity index (χ1n) is 8.52. The molecule has 3 saturated carbocycles. The molecule has 1 N–H and O–H groups in total. The summed E-state index contributed by atoms with van der Waals surface area (Å²) in [4.78, 5) is 0. The fraction of sp³-hybridized carbons (Fsp3) is 1.00. The minimum atomic E-state index is 0.579. The van der Waals surface area contributed by atoms with Crippen LogP contribution in [0.1, 0.15) is 71.6 Å². The van der Waals surface area contributed by atoms with E-state index in [1.807, 2.05) is 0 Å². The van der Waals surface area contributed by atoms with E-state index in [0.717, 1.165) is 23.7 Å². The van der Waals surface area contributed by atoms with Gasteiger partial charge in [0, 0.05) is 5.54 Å². The summed E-state index contributed by atoms with van der Waals surface area (Å²) in [6.45, 7) is 6.09. The number of fused-ring (bicyclic) bond motifs is 1. The van der Waals surface area contributed by atoms with Gasteiger partial charge in [-0.2, -0.15) is 0 Å². The number of hydrogen-bond donors (Lipinski definition) is 1. The predicted molar refractivity (Wildman–Crippen MR) is 77.6 cm³/mol. The van der Waals surface area contributed by atoms with E-state index in [0.29, 0.717) is 5.54 Å². The molecule has 0 radical (unpaired) electrons. The summed E-state index contributed by atoms with van der Waals surface area (Å²) in [6.07, 6.45) is 13.3. The summed E-state index contributed by atoms with van der Waals surface area (Å²) in [5.74, 6) is 4.14. The largest absolute Gasteiger partial charge is 0.311 e. The standard InChI is InChI=1S/C17H31N/c1-3-12-18-17(10-11-17)16-13(2)6-4-5-7-14-8-9-15(14)16/h13-16,18H,3-12H2,1-2H3. The van der Waals surface area contributed by atoms with E-state index >= 15 is 0 Å². The summed E-state index contributed by atoms with van der Waals surface area (Å²) in [5.41, 5.74) is 0.579. The summed E-state index contributed by atoms with van der Waals surface area (Å²) in [7, 11) is 0. The lowest BCUT2D eigenvalue weighted by atomic mass is 9.58. The Kier molecular flexibility index (Phi) is 3.71. The van der Waals surface area contributed by atoms with E-state index in [1.165, 1.54) is 64.3 Å². The highest BCUT2D eigenvalue weighted by atomic mass is 15.0. The van der Waals surface area contributed by atoms with Crippen molar-refractivity contribution in [3.63, 3.8) is 0 Å². The lowest BCUT2D eigenvalue weighted by Crippen LogP contribution is -2.50. The Balaban J connectivity index is 1.73. The van der Waals surface area contributed by atoms with Crippen molar-refractivity contribution in [3.05, 3.63) is 0 Å². The van der Waals surface area contributed by atoms with Gasteiger partial charge in [0.05, 0.1) is 0 Å². The highest BCUT2D eigenvalue weighted by molar-refractivity contribution is 5.11. The van der Waals surface area contributed by atoms with Gasteiger partial charge in [0.2, 0.25) is 0 Å². The Bertz CT molecular complexity index is 281. The van der Waals surface area contributed by atoms with E-state index in [-0.39, 0.29) is 0 Å². The van der Waals surface area contributed by atoms with Crippen molar-refractivity contribution >= 4 is 0 Å². The van der Waals surface area contributed by atoms with Crippen LogP contribution in [-0.4, -0.2) is 12.1 Å². The lowest BCUT2D eigenvalue weighted by molar-refractivity contribution is 0.0170. The second-order valence-corrected chi connectivity index (χ2v) is 7.37. The van der Waals surface area contributed by atoms with Crippen LogP contribution in [0.3, 0.4) is 0 Å². The Morgan fingerprint density at radius 1 is 1.06 bits per heavy atom. The first-order valence-corrected chi connectivity index (χ1v) is 8.52. The van der Waals surface area contributed by atoms with Crippen LogP contribution in [0.4, 0.5) is 0 Å². The van der Waals surface area contributed by atoms with Gasteiger partial charge in [-0.1, -0.05) is 39.5 Å². The third-order valence-corrected chi connectivity index (χ3v) is 6.19. The maximum Gasteiger partial charge on any atom is 0.0216 e. The molecule has 3 aliphatic carbocycles. The van der Waals surface area contributed by atoms with Crippen LogP contribution >= 0.6 is 0 Å². The molecule has 0 aromatic carbocycles. The van der Waals surface area contributed by atoms with Gasteiger partial charge in [0.15, 0.2) is 0 Å². The Morgan fingerprint density at radius 3 is 2.44 bits per heavy atom. The third kappa shape index (κ3) is 2.24. The topological polar surface area (TPSA) is 12.0 Å². The highest BCUT2D eigenvalue weighted by Gasteiger charge is 2.56. The summed E-state index contributed by atoms with van der Waals surface area (Å²) < 4.78 is 0. The second kappa shape index (κ2) is 5.15. The van der Waals surface area contributed by atoms with Crippen LogP contribution in [0.25, 0.3) is 0 Å². The van der Waals surface area contributed by atoms with Crippen molar-refractivity contribution in [2.75, 3.05) is 6.54 Å². The van der Waals surface area contributed by atoms with E-state index in [4.69, 9.17) is 0 Å². The molecule has 0 amide bonds. The molecule has 3 rings (SSSR count). The molecular formula is C17H31N. The van der Waals surface area contributed by atoms with Gasteiger partial charge in [0.1, 0.15) is 0 Å². The van der Waals surface area contributed by atoms with Crippen molar-refractivity contribution in [2.45, 2.75) is 77.2 Å². The van der Waals surface area contributed by atoms with Crippen LogP contribution in [0, 0.1) is 23.7 Å². The molecule has 0 aliphatic heterocycles. The van der Waals surface area contributed by atoms with Gasteiger partial charge in [-0.25, -0.2) is 0 Å². The first-order chi connectivity index (χ1) is 8.77. The molecule has 3 aliphatic rings. The molecule has 4 unspecified atom stereocenters. The minimum Gasteiger partial charge on any atom is -0.311 e. The molecule has 0 saturated heterocycles. The highest BCUT2D eigenvalue weighted by Crippen LogP contribution is 2.57. The molecule has 0 spiro atoms. The minimum absolute atomic E-state index is 0.579. The van der Waals surface area contributed by atoms with Crippen LogP contribution in [0.5, 0.6) is 0 Å². The monoisotopic (exact) mass is 249 g/mol. The number of rotatable bonds is 4. The fourth-order valence-electron chi connectivity index (χ4n) is 4.99. The van der Waals surface area contributed by atoms with E-state index < -0.39 is 0 Å². The average molecular weight is 249 g/mol. The van der Waals surface area contributed by atoms with E-state index in [1.54, 1.807) is 0 Å². The summed E-state index contributed by atoms with van der Waals surface area (Å²) in [6, 6.07) is 0. The van der Waals surface area contributed by atoms with Crippen molar-refractivity contribution in [2.24, 2.45) is 23.7 Å². The first kappa shape index (κ1) is 13.0. The SMILES string of the molecule is CCCNC1(C2C(C)CCCCC3CCC32)CC1. The zero-order valence-electron chi connectivity index (χ0n) is 12.4. The quantitative estimate of drug-likeness (QED) is 0.780. The molecule has 0 heterocycles. The molecule has 104 valence electrons. The maximum absolute atomic E-state index is 3.95. The van der Waals surface area contributed by atoms with Crippen molar-refractivity contribution in [1.29, 1.82) is 0 Å². The third-order valence-electron chi connectivity index (χ3n) is 6.19. The van der Waals surface area contributed by atoms with Crippen molar-refractivity contribution in [3.8, 4) is 0 Å². The second-order valence-electron chi connectivity index (χ2n) is 7.37. The normalized spacial score (nSPS) is 42.3. The van der Waals surface area contributed by atoms with Gasteiger partial charge in [-0.3, -0.25) is 0 Å². The zero-order valence-corrected chi connectivity index (χ0v) is 12.4. The molecule has 0 bridgehead atoms. The Morgan fingerprint density at radius 2 is 1.83 bits per heavy atom. The maximum atomic E-state index is 3.95. The van der Waals surface area contributed by atoms with Crippen molar-refractivity contribution in [1.82, 2.24) is 5.32 Å². The van der Waals surface area contributed by atoms with Crippen LogP contribution < -0.4 is 5.32 Å². The van der Waals surface area contributed by atoms with Crippen LogP contribution in [-0.2, 0) is 0 Å². The van der Waals surface area contributed by atoms with Gasteiger partial charge < -0.3 is 5.32 Å². The average Bonchev–Trinajstić information content (AvgIpc) is 3.11. The molecule has 1 heteroatoms. The lowest BCUT2D eigenvalue weighted by Gasteiger charge is -2.50. The molecule has 1 nitrogen and oxygen atoms in total. The molecule has 18 heavy (non-hydrogen) atoms.